The van der Waals surface area contributed by atoms with Gasteiger partial charge >= 0.3 is 12.1 Å². The smallest absolute Gasteiger partial charge is 0.337 e. The van der Waals surface area contributed by atoms with Crippen molar-refractivity contribution in [3.8, 4) is 0 Å². The van der Waals surface area contributed by atoms with Crippen molar-refractivity contribution in [3.05, 3.63) is 0 Å². The second-order valence-corrected chi connectivity index (χ2v) is 5.36. The number of nitrogens with one attached hydrogen (secondary N) is 1. The van der Waals surface area contributed by atoms with E-state index in [1.165, 1.54) is 0 Å². The molecule has 0 bridgehead atoms. The average molecular weight is 266 g/mol. The van der Waals surface area contributed by atoms with Gasteiger partial charge in [0.15, 0.2) is 5.78 Å². The van der Waals surface area contributed by atoms with Gasteiger partial charge in [-0.2, -0.15) is 13.2 Å². The maximum absolute atomic E-state index is 12.1. The Balaban J connectivity index is 2.70. The van der Waals surface area contributed by atoms with E-state index in [0.29, 0.717) is 6.54 Å². The highest BCUT2D eigenvalue weighted by molar-refractivity contribution is 5.91. The molecule has 0 aromatic heterocycles. The van der Waals surface area contributed by atoms with E-state index in [-0.39, 0.29) is 24.3 Å². The van der Waals surface area contributed by atoms with Crippen molar-refractivity contribution in [1.82, 2.24) is 10.2 Å². The summed E-state index contributed by atoms with van der Waals surface area (Å²) in [6.07, 6.45) is -4.80. The molecule has 7 heteroatoms. The molecule has 0 aliphatic carbocycles. The van der Waals surface area contributed by atoms with Gasteiger partial charge in [0, 0.05) is 25.0 Å². The minimum absolute atomic E-state index is 0.115. The lowest BCUT2D eigenvalue weighted by Crippen LogP contribution is -2.59. The number of hydrogen-bond donors (Lipinski definition) is 1. The molecule has 18 heavy (non-hydrogen) atoms. The summed E-state index contributed by atoms with van der Waals surface area (Å²) in [6.45, 7) is 6.34. The fourth-order valence-corrected chi connectivity index (χ4v) is 1.81. The molecule has 0 aromatic carbocycles. The monoisotopic (exact) mass is 266 g/mol. The van der Waals surface area contributed by atoms with Crippen LogP contribution in [0.5, 0.6) is 0 Å². The number of ketones is 1. The molecule has 1 N–H and O–H groups in total. The molecule has 1 heterocycles. The topological polar surface area (TPSA) is 49.4 Å². The maximum Gasteiger partial charge on any atom is 0.471 e. The molecule has 1 aliphatic heterocycles. The number of carbonyl (C=O) groups excluding carboxylic acids is 2. The molecule has 1 rings (SSSR count). The first-order chi connectivity index (χ1) is 8.01. The summed E-state index contributed by atoms with van der Waals surface area (Å²) in [4.78, 5) is 24.2. The first-order valence-electron chi connectivity index (χ1n) is 5.67. The summed E-state index contributed by atoms with van der Waals surface area (Å²) >= 11 is 0. The summed E-state index contributed by atoms with van der Waals surface area (Å²) < 4.78 is 36.4. The normalized spacial score (nSPS) is 23.0. The molecular formula is C11H17F3N2O2. The number of Topliss-reactive ketones (excluding diaryl/α,β-unsaturated/α-hetero) is 1. The lowest BCUT2D eigenvalue weighted by molar-refractivity contribution is -0.175. The Morgan fingerprint density at radius 1 is 1.33 bits per heavy atom. The summed E-state index contributed by atoms with van der Waals surface area (Å²) in [5.41, 5.74) is -0.248. The summed E-state index contributed by atoms with van der Waals surface area (Å²) in [5, 5.41) is 1.76. The zero-order chi connectivity index (χ0) is 14.1. The van der Waals surface area contributed by atoms with Crippen LogP contribution in [0.1, 0.15) is 27.2 Å². The minimum Gasteiger partial charge on any atom is -0.337 e. The van der Waals surface area contributed by atoms with Crippen molar-refractivity contribution in [2.24, 2.45) is 0 Å². The Hall–Kier alpha value is -1.11. The van der Waals surface area contributed by atoms with Gasteiger partial charge in [0.05, 0.1) is 0 Å². The second-order valence-electron chi connectivity index (χ2n) is 5.36. The van der Waals surface area contributed by atoms with Gasteiger partial charge in [-0.25, -0.2) is 0 Å². The molecule has 1 atom stereocenters. The lowest BCUT2D eigenvalue weighted by atomic mass is 9.97. The molecule has 104 valence electrons. The van der Waals surface area contributed by atoms with Crippen LogP contribution >= 0.6 is 0 Å². The lowest BCUT2D eigenvalue weighted by Gasteiger charge is -2.41. The number of amides is 1. The highest BCUT2D eigenvalue weighted by Gasteiger charge is 2.42. The number of likely N-dealkylation sites (tertiary alicyclic amines) is 1. The molecule has 0 aromatic rings. The standard InChI is InChI=1S/C11H17F3N2O2/c1-10(2,3)16-5-4-8(17)7(6-16)15-9(18)11(12,13)14/h7H,4-6H2,1-3H3,(H,15,18). The Bertz CT molecular complexity index is 347. The van der Waals surface area contributed by atoms with Gasteiger partial charge < -0.3 is 5.32 Å². The quantitative estimate of drug-likeness (QED) is 0.773. The van der Waals surface area contributed by atoms with Crippen LogP contribution in [-0.2, 0) is 9.59 Å². The zero-order valence-electron chi connectivity index (χ0n) is 10.6. The van der Waals surface area contributed by atoms with E-state index >= 15 is 0 Å². The van der Waals surface area contributed by atoms with Crippen molar-refractivity contribution >= 4 is 11.7 Å². The maximum atomic E-state index is 12.1. The second kappa shape index (κ2) is 4.87. The summed E-state index contributed by atoms with van der Waals surface area (Å²) in [5.74, 6) is -2.41. The molecule has 0 spiro atoms. The van der Waals surface area contributed by atoms with Crippen molar-refractivity contribution in [2.45, 2.75) is 44.9 Å². The molecule has 0 radical (unpaired) electrons. The highest BCUT2D eigenvalue weighted by Crippen LogP contribution is 2.20. The van der Waals surface area contributed by atoms with E-state index in [9.17, 15) is 22.8 Å². The van der Waals surface area contributed by atoms with Crippen molar-refractivity contribution in [3.63, 3.8) is 0 Å². The molecule has 1 amide bonds. The van der Waals surface area contributed by atoms with Crippen molar-refractivity contribution < 1.29 is 22.8 Å². The fraction of sp³-hybridized carbons (Fsp3) is 0.818. The number of nitrogens with zero attached hydrogens (tertiary/aromatic N) is 1. The van der Waals surface area contributed by atoms with Gasteiger partial charge in [0.2, 0.25) is 0 Å². The number of carbonyl (C=O) groups is 2. The van der Waals surface area contributed by atoms with Crippen LogP contribution in [0, 0.1) is 0 Å². The largest absolute Gasteiger partial charge is 0.471 e. The summed E-state index contributed by atoms with van der Waals surface area (Å²) in [6, 6.07) is -1.08. The SMILES string of the molecule is CC(C)(C)N1CCC(=O)C(NC(=O)C(F)(F)F)C1. The number of halogens is 3. The Kier molecular flexibility index (Phi) is 4.05. The first kappa shape index (κ1) is 14.9. The van der Waals surface area contributed by atoms with Crippen LogP contribution in [0.2, 0.25) is 0 Å². The third kappa shape index (κ3) is 3.69. The van der Waals surface area contributed by atoms with Gasteiger partial charge in [-0.15, -0.1) is 0 Å². The Morgan fingerprint density at radius 2 is 1.89 bits per heavy atom. The van der Waals surface area contributed by atoms with E-state index < -0.39 is 18.1 Å². The van der Waals surface area contributed by atoms with E-state index in [1.807, 2.05) is 25.7 Å². The average Bonchev–Trinajstić information content (AvgIpc) is 2.18. The summed E-state index contributed by atoms with van der Waals surface area (Å²) in [7, 11) is 0. The van der Waals surface area contributed by atoms with Crippen LogP contribution in [-0.4, -0.2) is 47.4 Å². The fourth-order valence-electron chi connectivity index (χ4n) is 1.81. The number of alkyl halides is 3. The van der Waals surface area contributed by atoms with Gasteiger partial charge in [-0.05, 0) is 20.8 Å². The molecule has 4 nitrogen and oxygen atoms in total. The van der Waals surface area contributed by atoms with Crippen LogP contribution in [0.4, 0.5) is 13.2 Å². The number of hydrogen-bond acceptors (Lipinski definition) is 3. The number of rotatable bonds is 1. The van der Waals surface area contributed by atoms with Crippen LogP contribution in [0.3, 0.4) is 0 Å². The van der Waals surface area contributed by atoms with Gasteiger partial charge in [0.1, 0.15) is 6.04 Å². The zero-order valence-corrected chi connectivity index (χ0v) is 10.6. The van der Waals surface area contributed by atoms with E-state index in [0.717, 1.165) is 0 Å². The van der Waals surface area contributed by atoms with Crippen LogP contribution in [0.25, 0.3) is 0 Å². The number of piperidine rings is 1. The Labute approximate surface area is 104 Å². The Morgan fingerprint density at radius 3 is 2.33 bits per heavy atom. The van der Waals surface area contributed by atoms with Crippen LogP contribution in [0.15, 0.2) is 0 Å². The van der Waals surface area contributed by atoms with Gasteiger partial charge in [0.25, 0.3) is 0 Å². The van der Waals surface area contributed by atoms with Crippen molar-refractivity contribution in [2.75, 3.05) is 13.1 Å². The molecule has 1 aliphatic rings. The van der Waals surface area contributed by atoms with E-state index in [1.54, 1.807) is 5.32 Å². The minimum atomic E-state index is -4.95. The first-order valence-corrected chi connectivity index (χ1v) is 5.67. The van der Waals surface area contributed by atoms with Gasteiger partial charge in [-0.1, -0.05) is 0 Å². The van der Waals surface area contributed by atoms with Crippen LogP contribution < -0.4 is 5.32 Å². The third-order valence-corrected chi connectivity index (χ3v) is 2.93. The van der Waals surface area contributed by atoms with E-state index in [4.69, 9.17) is 0 Å². The molecular weight excluding hydrogens is 249 g/mol. The predicted molar refractivity (Wildman–Crippen MR) is 58.9 cm³/mol. The van der Waals surface area contributed by atoms with Gasteiger partial charge in [-0.3, -0.25) is 14.5 Å². The third-order valence-electron chi connectivity index (χ3n) is 2.93. The predicted octanol–water partition coefficient (Wildman–Crippen LogP) is 1.11. The van der Waals surface area contributed by atoms with E-state index in [2.05, 4.69) is 0 Å². The molecule has 1 saturated heterocycles. The van der Waals surface area contributed by atoms with Crippen molar-refractivity contribution in [1.29, 1.82) is 0 Å². The molecule has 0 saturated carbocycles. The highest BCUT2D eigenvalue weighted by atomic mass is 19.4. The molecule has 1 unspecified atom stereocenters. The molecule has 1 fully saturated rings.